The molecule has 0 atom stereocenters. The highest BCUT2D eigenvalue weighted by Gasteiger charge is 2.24. The van der Waals surface area contributed by atoms with Gasteiger partial charge in [-0.2, -0.15) is 5.26 Å². The van der Waals surface area contributed by atoms with Crippen LogP contribution in [0, 0.1) is 33.3 Å². The SMILES string of the molecule is CN(CC#Cc1cccnc1)C(=O)/C(C#N)=C(\O)c1cc(O)c(O)c([N+](=O)[O-])c1. The minimum atomic E-state index is -1.00. The number of likely N-dealkylation sites (N-methyl/N-ethyl adjacent to an activating group) is 1. The van der Waals surface area contributed by atoms with Crippen LogP contribution in [-0.4, -0.2) is 49.6 Å². The van der Waals surface area contributed by atoms with E-state index in [1.165, 1.54) is 19.3 Å². The fourth-order valence-corrected chi connectivity index (χ4v) is 2.19. The number of carbonyl (C=O) groups excluding carboxylic acids is 1. The van der Waals surface area contributed by atoms with Crippen molar-refractivity contribution in [1.29, 1.82) is 5.26 Å². The van der Waals surface area contributed by atoms with Crippen LogP contribution >= 0.6 is 0 Å². The lowest BCUT2D eigenvalue weighted by atomic mass is 10.1. The molecule has 29 heavy (non-hydrogen) atoms. The molecular weight excluding hydrogens is 380 g/mol. The van der Waals surface area contributed by atoms with Crippen molar-refractivity contribution in [2.45, 2.75) is 0 Å². The number of rotatable bonds is 4. The summed E-state index contributed by atoms with van der Waals surface area (Å²) in [5, 5.41) is 49.6. The van der Waals surface area contributed by atoms with Gasteiger partial charge in [0.1, 0.15) is 11.8 Å². The molecular formula is C19H14N4O6. The van der Waals surface area contributed by atoms with Gasteiger partial charge in [0.2, 0.25) is 5.75 Å². The quantitative estimate of drug-likeness (QED) is 0.134. The van der Waals surface area contributed by atoms with Crippen LogP contribution in [0.25, 0.3) is 5.76 Å². The molecule has 0 unspecified atom stereocenters. The van der Waals surface area contributed by atoms with Gasteiger partial charge in [-0.05, 0) is 18.2 Å². The third-order valence-corrected chi connectivity index (χ3v) is 3.66. The summed E-state index contributed by atoms with van der Waals surface area (Å²) in [5.74, 6) is 1.84. The van der Waals surface area contributed by atoms with Crippen LogP contribution in [0.1, 0.15) is 11.1 Å². The van der Waals surface area contributed by atoms with Crippen LogP contribution in [0.3, 0.4) is 0 Å². The highest BCUT2D eigenvalue weighted by Crippen LogP contribution is 2.38. The average Bonchev–Trinajstić information content (AvgIpc) is 2.70. The average molecular weight is 394 g/mol. The van der Waals surface area contributed by atoms with Gasteiger partial charge in [-0.25, -0.2) is 0 Å². The van der Waals surface area contributed by atoms with E-state index in [1.807, 2.05) is 0 Å². The lowest BCUT2D eigenvalue weighted by molar-refractivity contribution is -0.386. The molecule has 2 rings (SSSR count). The van der Waals surface area contributed by atoms with E-state index in [9.17, 15) is 35.5 Å². The Morgan fingerprint density at radius 2 is 2.10 bits per heavy atom. The second kappa shape index (κ2) is 8.88. The predicted molar refractivity (Wildman–Crippen MR) is 100 cm³/mol. The molecule has 10 nitrogen and oxygen atoms in total. The van der Waals surface area contributed by atoms with Gasteiger partial charge in [-0.3, -0.25) is 19.9 Å². The van der Waals surface area contributed by atoms with Crippen molar-refractivity contribution in [2.24, 2.45) is 0 Å². The summed E-state index contributed by atoms with van der Waals surface area (Å²) in [4.78, 5) is 27.4. The number of aromatic nitrogens is 1. The van der Waals surface area contributed by atoms with Crippen molar-refractivity contribution in [2.75, 3.05) is 13.6 Å². The Hall–Kier alpha value is -4.57. The highest BCUT2D eigenvalue weighted by molar-refractivity contribution is 6.03. The number of phenolic OH excluding ortho intramolecular Hbond substituents is 2. The van der Waals surface area contributed by atoms with Crippen molar-refractivity contribution in [3.05, 3.63) is 63.5 Å². The molecule has 0 spiro atoms. The first-order valence-corrected chi connectivity index (χ1v) is 7.94. The zero-order valence-corrected chi connectivity index (χ0v) is 15.0. The molecule has 0 aliphatic rings. The Morgan fingerprint density at radius 3 is 2.69 bits per heavy atom. The third kappa shape index (κ3) is 4.78. The normalized spacial score (nSPS) is 10.8. The number of nitrogens with zero attached hydrogens (tertiary/aromatic N) is 4. The molecule has 1 aromatic heterocycles. The van der Waals surface area contributed by atoms with Crippen LogP contribution in [0.15, 0.2) is 42.2 Å². The summed E-state index contributed by atoms with van der Waals surface area (Å²) in [5.41, 5.74) is -1.37. The smallest absolute Gasteiger partial charge is 0.315 e. The van der Waals surface area contributed by atoms with Crippen molar-refractivity contribution in [3.63, 3.8) is 0 Å². The number of aliphatic hydroxyl groups excluding tert-OH is 1. The predicted octanol–water partition coefficient (Wildman–Crippen LogP) is 1.70. The maximum atomic E-state index is 12.5. The van der Waals surface area contributed by atoms with Crippen molar-refractivity contribution < 1.29 is 25.0 Å². The Morgan fingerprint density at radius 1 is 1.38 bits per heavy atom. The van der Waals surface area contributed by atoms with E-state index in [0.29, 0.717) is 5.56 Å². The van der Waals surface area contributed by atoms with E-state index in [4.69, 9.17) is 0 Å². The second-order valence-corrected chi connectivity index (χ2v) is 5.66. The molecule has 0 fully saturated rings. The summed E-state index contributed by atoms with van der Waals surface area (Å²) in [6.07, 6.45) is 3.12. The van der Waals surface area contributed by atoms with Gasteiger partial charge >= 0.3 is 5.69 Å². The number of pyridine rings is 1. The number of phenols is 2. The first-order valence-electron chi connectivity index (χ1n) is 7.94. The Labute approximate surface area is 164 Å². The number of hydrogen-bond donors (Lipinski definition) is 3. The molecule has 0 saturated carbocycles. The van der Waals surface area contributed by atoms with E-state index in [2.05, 4.69) is 16.8 Å². The number of aliphatic hydroxyl groups is 1. The molecule has 0 aliphatic heterocycles. The van der Waals surface area contributed by atoms with Gasteiger partial charge in [-0.15, -0.1) is 0 Å². The van der Waals surface area contributed by atoms with E-state index in [-0.39, 0.29) is 12.1 Å². The molecule has 1 amide bonds. The number of amides is 1. The number of benzene rings is 1. The molecule has 0 aliphatic carbocycles. The largest absolute Gasteiger partial charge is 0.506 e. The first-order chi connectivity index (χ1) is 13.8. The minimum Gasteiger partial charge on any atom is -0.506 e. The molecule has 0 bridgehead atoms. The van der Waals surface area contributed by atoms with Gasteiger partial charge < -0.3 is 20.2 Å². The molecule has 0 radical (unpaired) electrons. The van der Waals surface area contributed by atoms with Crippen molar-refractivity contribution in [3.8, 4) is 29.4 Å². The zero-order valence-electron chi connectivity index (χ0n) is 15.0. The first kappa shape index (κ1) is 20.7. The molecule has 2 aromatic rings. The van der Waals surface area contributed by atoms with Gasteiger partial charge in [-0.1, -0.05) is 11.8 Å². The minimum absolute atomic E-state index is 0.0762. The third-order valence-electron chi connectivity index (χ3n) is 3.66. The molecule has 146 valence electrons. The number of nitriles is 1. The monoisotopic (exact) mass is 394 g/mol. The van der Waals surface area contributed by atoms with Crippen molar-refractivity contribution in [1.82, 2.24) is 9.88 Å². The Kier molecular flexibility index (Phi) is 6.35. The standard InChI is InChI=1S/C19H14N4O6/c1-22(7-3-5-12-4-2-6-21-11-12)19(27)14(10-20)17(25)13-8-15(23(28)29)18(26)16(24)9-13/h2,4,6,8-9,11,24-26H,7H2,1H3/b17-14-. The molecule has 1 aromatic carbocycles. The zero-order chi connectivity index (χ0) is 21.6. The van der Waals surface area contributed by atoms with Crippen LogP contribution in [0.2, 0.25) is 0 Å². The van der Waals surface area contributed by atoms with E-state index >= 15 is 0 Å². The van der Waals surface area contributed by atoms with Gasteiger partial charge in [0, 0.05) is 36.6 Å². The van der Waals surface area contributed by atoms with E-state index < -0.39 is 39.3 Å². The number of carbonyl (C=O) groups is 1. The number of aromatic hydroxyl groups is 2. The molecule has 0 saturated heterocycles. The number of nitro benzene ring substituents is 1. The number of nitro groups is 1. The van der Waals surface area contributed by atoms with Crippen LogP contribution < -0.4 is 0 Å². The van der Waals surface area contributed by atoms with Gasteiger partial charge in [0.25, 0.3) is 5.91 Å². The van der Waals surface area contributed by atoms with Gasteiger partial charge in [0.05, 0.1) is 11.5 Å². The van der Waals surface area contributed by atoms with Crippen LogP contribution in [0.4, 0.5) is 5.69 Å². The fraction of sp³-hybridized carbons (Fsp3) is 0.105. The van der Waals surface area contributed by atoms with Gasteiger partial charge in [0.15, 0.2) is 11.3 Å². The summed E-state index contributed by atoms with van der Waals surface area (Å²) in [6, 6.07) is 6.48. The summed E-state index contributed by atoms with van der Waals surface area (Å²) >= 11 is 0. The van der Waals surface area contributed by atoms with Crippen molar-refractivity contribution >= 4 is 17.4 Å². The Bertz CT molecular complexity index is 1090. The summed E-state index contributed by atoms with van der Waals surface area (Å²) in [6.45, 7) is -0.0762. The lowest BCUT2D eigenvalue weighted by Crippen LogP contribution is -2.28. The number of hydrogen-bond acceptors (Lipinski definition) is 8. The maximum Gasteiger partial charge on any atom is 0.315 e. The Balaban J connectivity index is 2.32. The molecule has 3 N–H and O–H groups in total. The topological polar surface area (TPSA) is 161 Å². The van der Waals surface area contributed by atoms with Crippen LogP contribution in [-0.2, 0) is 4.79 Å². The van der Waals surface area contributed by atoms with Crippen LogP contribution in [0.5, 0.6) is 11.5 Å². The fourth-order valence-electron chi connectivity index (χ4n) is 2.19. The summed E-state index contributed by atoms with van der Waals surface area (Å²) in [7, 11) is 1.35. The van der Waals surface area contributed by atoms with E-state index in [1.54, 1.807) is 18.3 Å². The molecule has 1 heterocycles. The molecule has 10 heteroatoms. The second-order valence-electron chi connectivity index (χ2n) is 5.66. The maximum absolute atomic E-state index is 12.5. The lowest BCUT2D eigenvalue weighted by Gasteiger charge is -2.14. The summed E-state index contributed by atoms with van der Waals surface area (Å²) < 4.78 is 0. The highest BCUT2D eigenvalue weighted by atomic mass is 16.6. The van der Waals surface area contributed by atoms with E-state index in [0.717, 1.165) is 17.0 Å².